The molecule has 0 aliphatic carbocycles. The number of alkyl halides is 3. The Morgan fingerprint density at radius 3 is 2.61 bits per heavy atom. The Bertz CT molecular complexity index is 879. The van der Waals surface area contributed by atoms with E-state index in [-0.39, 0.29) is 47.6 Å². The van der Waals surface area contributed by atoms with E-state index in [0.717, 1.165) is 0 Å². The summed E-state index contributed by atoms with van der Waals surface area (Å²) in [5.41, 5.74) is 0.0334. The fourth-order valence-electron chi connectivity index (χ4n) is 3.15. The molecular weight excluding hydrogens is 439 g/mol. The molecule has 0 spiro atoms. The van der Waals surface area contributed by atoms with Crippen LogP contribution in [0.15, 0.2) is 18.2 Å². The van der Waals surface area contributed by atoms with Gasteiger partial charge in [0.05, 0.1) is 17.4 Å². The van der Waals surface area contributed by atoms with Crippen LogP contribution in [0.3, 0.4) is 0 Å². The fourth-order valence-corrected chi connectivity index (χ4v) is 4.14. The van der Waals surface area contributed by atoms with Crippen LogP contribution >= 0.6 is 0 Å². The van der Waals surface area contributed by atoms with Crippen molar-refractivity contribution in [3.63, 3.8) is 0 Å². The van der Waals surface area contributed by atoms with E-state index >= 15 is 0 Å². The molecule has 0 saturated heterocycles. The van der Waals surface area contributed by atoms with E-state index in [1.54, 1.807) is 14.2 Å². The smallest absolute Gasteiger partial charge is 0.404 e. The molecule has 31 heavy (non-hydrogen) atoms. The number of fused-ring (bicyclic) bond motifs is 1. The number of ether oxygens (including phenoxy) is 2. The summed E-state index contributed by atoms with van der Waals surface area (Å²) in [6, 6.07) is 3.66. The molecule has 1 aromatic rings. The van der Waals surface area contributed by atoms with Crippen LogP contribution in [0, 0.1) is 5.92 Å². The molecule has 0 aromatic heterocycles. The molecular formula is C19H28F3N3O5S. The number of rotatable bonds is 4. The number of benzene rings is 1. The number of halogens is 3. The van der Waals surface area contributed by atoms with Crippen molar-refractivity contribution < 1.29 is 35.9 Å². The maximum Gasteiger partial charge on any atom is 0.404 e. The van der Waals surface area contributed by atoms with Gasteiger partial charge in [0.25, 0.3) is 5.91 Å². The number of amides is 1. The summed E-state index contributed by atoms with van der Waals surface area (Å²) in [4.78, 5) is 14.4. The van der Waals surface area contributed by atoms with Crippen LogP contribution in [-0.2, 0) is 14.8 Å². The predicted molar refractivity (Wildman–Crippen MR) is 110 cm³/mol. The first-order valence-electron chi connectivity index (χ1n) is 9.67. The standard InChI is InChI=1S/C19H28F3N3O5S/c1-12-8-23-13(2)10-30-16-7-14(24-31(27,28)11-19(20,21)22)5-6-15(16)18(26)25(3)9-17(12)29-4/h5-7,12-13,17,23-24H,8-11H2,1-4H3/t12-,13+,17-/m0/s1. The van der Waals surface area contributed by atoms with Crippen molar-refractivity contribution in [3.8, 4) is 5.75 Å². The van der Waals surface area contributed by atoms with Crippen molar-refractivity contribution in [3.05, 3.63) is 23.8 Å². The number of likely N-dealkylation sites (N-methyl/N-ethyl adjacent to an activating group) is 1. The van der Waals surface area contributed by atoms with Crippen molar-refractivity contribution >= 4 is 21.6 Å². The Morgan fingerprint density at radius 2 is 2.00 bits per heavy atom. The summed E-state index contributed by atoms with van der Waals surface area (Å²) in [6.07, 6.45) is -5.10. The lowest BCUT2D eigenvalue weighted by molar-refractivity contribution is -0.106. The van der Waals surface area contributed by atoms with Gasteiger partial charge in [0.2, 0.25) is 10.0 Å². The molecule has 3 atom stereocenters. The molecule has 0 fully saturated rings. The van der Waals surface area contributed by atoms with E-state index < -0.39 is 22.0 Å². The average Bonchev–Trinajstić information content (AvgIpc) is 2.65. The van der Waals surface area contributed by atoms with Gasteiger partial charge in [-0.15, -0.1) is 0 Å². The van der Waals surface area contributed by atoms with Gasteiger partial charge >= 0.3 is 6.18 Å². The summed E-state index contributed by atoms with van der Waals surface area (Å²) >= 11 is 0. The number of methoxy groups -OCH3 is 1. The molecule has 1 aliphatic rings. The van der Waals surface area contributed by atoms with E-state index in [4.69, 9.17) is 9.47 Å². The van der Waals surface area contributed by atoms with Gasteiger partial charge in [-0.05, 0) is 25.0 Å². The number of hydrogen-bond donors (Lipinski definition) is 2. The first-order valence-corrected chi connectivity index (χ1v) is 11.3. The molecule has 2 N–H and O–H groups in total. The second kappa shape index (κ2) is 10.0. The van der Waals surface area contributed by atoms with Crippen LogP contribution in [0.4, 0.5) is 18.9 Å². The summed E-state index contributed by atoms with van der Waals surface area (Å²) in [5.74, 6) is -2.21. The SMILES string of the molecule is CO[C@H]1CN(C)C(=O)c2ccc(NS(=O)(=O)CC(F)(F)F)cc2OC[C@@H](C)NC[C@@H]1C. The summed E-state index contributed by atoms with van der Waals surface area (Å²) in [6.45, 7) is 4.98. The quantitative estimate of drug-likeness (QED) is 0.704. The van der Waals surface area contributed by atoms with Crippen LogP contribution in [0.1, 0.15) is 24.2 Å². The van der Waals surface area contributed by atoms with Crippen LogP contribution in [0.5, 0.6) is 5.75 Å². The van der Waals surface area contributed by atoms with Gasteiger partial charge < -0.3 is 19.7 Å². The van der Waals surface area contributed by atoms with E-state index in [2.05, 4.69) is 5.32 Å². The van der Waals surface area contributed by atoms with Crippen LogP contribution in [0.2, 0.25) is 0 Å². The lowest BCUT2D eigenvalue weighted by atomic mass is 10.0. The Balaban J connectivity index is 2.35. The van der Waals surface area contributed by atoms with E-state index in [1.165, 1.54) is 23.1 Å². The number of sulfonamides is 1. The molecule has 1 heterocycles. The summed E-state index contributed by atoms with van der Waals surface area (Å²) in [7, 11) is -1.49. The van der Waals surface area contributed by atoms with E-state index in [1.807, 2.05) is 18.6 Å². The number of nitrogens with one attached hydrogen (secondary N) is 2. The Kier molecular flexibility index (Phi) is 8.17. The van der Waals surface area contributed by atoms with Crippen molar-refractivity contribution in [2.45, 2.75) is 32.2 Å². The lowest BCUT2D eigenvalue weighted by Gasteiger charge is -2.30. The molecule has 12 heteroatoms. The second-order valence-corrected chi connectivity index (χ2v) is 9.47. The highest BCUT2D eigenvalue weighted by molar-refractivity contribution is 7.92. The Hall–Kier alpha value is -2.05. The zero-order chi connectivity index (χ0) is 23.4. The summed E-state index contributed by atoms with van der Waals surface area (Å²) in [5, 5.41) is 3.30. The van der Waals surface area contributed by atoms with Crippen LogP contribution < -0.4 is 14.8 Å². The number of carbonyl (C=O) groups is 1. The molecule has 0 radical (unpaired) electrons. The minimum Gasteiger partial charge on any atom is -0.491 e. The predicted octanol–water partition coefficient (Wildman–Crippen LogP) is 2.08. The second-order valence-electron chi connectivity index (χ2n) is 7.74. The minimum absolute atomic E-state index is 0.0697. The Labute approximate surface area is 180 Å². The maximum absolute atomic E-state index is 13.0. The first kappa shape index (κ1) is 25.2. The monoisotopic (exact) mass is 467 g/mol. The van der Waals surface area contributed by atoms with Crippen molar-refractivity contribution in [1.29, 1.82) is 0 Å². The highest BCUT2D eigenvalue weighted by atomic mass is 32.2. The lowest BCUT2D eigenvalue weighted by Crippen LogP contribution is -2.44. The molecule has 1 aliphatic heterocycles. The average molecular weight is 468 g/mol. The van der Waals surface area contributed by atoms with Crippen LogP contribution in [-0.4, -0.2) is 77.2 Å². The molecule has 1 amide bonds. The van der Waals surface area contributed by atoms with Gasteiger partial charge in [-0.25, -0.2) is 8.42 Å². The largest absolute Gasteiger partial charge is 0.491 e. The maximum atomic E-state index is 13.0. The number of carbonyl (C=O) groups excluding carboxylic acids is 1. The normalized spacial score (nSPS) is 23.9. The van der Waals surface area contributed by atoms with Crippen LogP contribution in [0.25, 0.3) is 0 Å². The van der Waals surface area contributed by atoms with Crippen molar-refractivity contribution in [2.75, 3.05) is 44.3 Å². The summed E-state index contributed by atoms with van der Waals surface area (Å²) < 4.78 is 74.2. The molecule has 0 bridgehead atoms. The first-order chi connectivity index (χ1) is 14.3. The molecule has 176 valence electrons. The van der Waals surface area contributed by atoms with Gasteiger partial charge in [0.1, 0.15) is 12.4 Å². The zero-order valence-electron chi connectivity index (χ0n) is 17.8. The number of nitrogens with zero attached hydrogens (tertiary/aromatic N) is 1. The number of anilines is 1. The molecule has 2 rings (SSSR count). The van der Waals surface area contributed by atoms with Gasteiger partial charge in [0.15, 0.2) is 5.75 Å². The molecule has 8 nitrogen and oxygen atoms in total. The highest BCUT2D eigenvalue weighted by Crippen LogP contribution is 2.27. The minimum atomic E-state index is -4.88. The molecule has 0 unspecified atom stereocenters. The topological polar surface area (TPSA) is 97.0 Å². The van der Waals surface area contributed by atoms with E-state index in [9.17, 15) is 26.4 Å². The number of hydrogen-bond acceptors (Lipinski definition) is 6. The van der Waals surface area contributed by atoms with Gasteiger partial charge in [0, 0.05) is 39.4 Å². The Morgan fingerprint density at radius 1 is 1.32 bits per heavy atom. The third kappa shape index (κ3) is 7.54. The van der Waals surface area contributed by atoms with Crippen molar-refractivity contribution in [2.24, 2.45) is 5.92 Å². The van der Waals surface area contributed by atoms with Gasteiger partial charge in [-0.1, -0.05) is 6.92 Å². The fraction of sp³-hybridized carbons (Fsp3) is 0.632. The third-order valence-electron chi connectivity index (χ3n) is 4.85. The van der Waals surface area contributed by atoms with Gasteiger partial charge in [-0.3, -0.25) is 9.52 Å². The molecule has 0 saturated carbocycles. The van der Waals surface area contributed by atoms with E-state index in [0.29, 0.717) is 13.1 Å². The van der Waals surface area contributed by atoms with Gasteiger partial charge in [-0.2, -0.15) is 13.2 Å². The highest BCUT2D eigenvalue weighted by Gasteiger charge is 2.35. The molecule has 1 aromatic carbocycles. The zero-order valence-corrected chi connectivity index (χ0v) is 18.6. The van der Waals surface area contributed by atoms with Crippen molar-refractivity contribution in [1.82, 2.24) is 10.2 Å². The third-order valence-corrected chi connectivity index (χ3v) is 6.11.